The van der Waals surface area contributed by atoms with Gasteiger partial charge in [-0.3, -0.25) is 29.4 Å². The molecule has 0 saturated carbocycles. The smallest absolute Gasteiger partial charge is 0.270 e. The summed E-state index contributed by atoms with van der Waals surface area (Å²) >= 11 is 1.06. The number of carbonyl (C=O) groups is 3. The van der Waals surface area contributed by atoms with Crippen LogP contribution >= 0.6 is 11.5 Å². The number of nitro benzene ring substituents is 1. The number of anilines is 2. The molecule has 5 rings (SSSR count). The molecule has 13 heteroatoms. The SMILES string of the molecule is CCN(CCN1C(=O)c2ccccc2C1=O)c1ccc(/N=N/c2snc3ccc([N+](=O)[O-])cc23)c(NC(C)=O)c1. The Morgan fingerprint density at radius 1 is 1.07 bits per heavy atom. The topological polar surface area (TPSA) is 150 Å². The van der Waals surface area contributed by atoms with E-state index in [9.17, 15) is 24.5 Å². The molecule has 0 saturated heterocycles. The Morgan fingerprint density at radius 3 is 2.45 bits per heavy atom. The van der Waals surface area contributed by atoms with Gasteiger partial charge in [-0.15, -0.1) is 10.2 Å². The minimum Gasteiger partial charge on any atom is -0.370 e. The van der Waals surface area contributed by atoms with Crippen LogP contribution in [0, 0.1) is 10.1 Å². The van der Waals surface area contributed by atoms with Gasteiger partial charge in [0.2, 0.25) is 5.91 Å². The number of aromatic nitrogens is 1. The lowest BCUT2D eigenvalue weighted by Gasteiger charge is -2.26. The highest BCUT2D eigenvalue weighted by Crippen LogP contribution is 2.36. The molecule has 0 aliphatic carbocycles. The van der Waals surface area contributed by atoms with Crippen LogP contribution in [0.15, 0.2) is 70.9 Å². The van der Waals surface area contributed by atoms with Crippen LogP contribution in [-0.2, 0) is 4.79 Å². The monoisotopic (exact) mass is 557 g/mol. The lowest BCUT2D eigenvalue weighted by Crippen LogP contribution is -2.38. The minimum atomic E-state index is -0.487. The fraction of sp³-hybridized carbons (Fsp3) is 0.185. The van der Waals surface area contributed by atoms with Gasteiger partial charge in [0.25, 0.3) is 17.5 Å². The Balaban J connectivity index is 1.38. The van der Waals surface area contributed by atoms with Crippen molar-refractivity contribution in [3.05, 3.63) is 81.9 Å². The Labute approximate surface area is 232 Å². The molecule has 1 aliphatic rings. The summed E-state index contributed by atoms with van der Waals surface area (Å²) in [4.78, 5) is 51.4. The van der Waals surface area contributed by atoms with Crippen LogP contribution in [-0.4, -0.2) is 51.6 Å². The first-order chi connectivity index (χ1) is 19.3. The van der Waals surface area contributed by atoms with E-state index in [1.165, 1.54) is 24.0 Å². The number of amides is 3. The number of benzene rings is 3. The van der Waals surface area contributed by atoms with E-state index in [2.05, 4.69) is 19.9 Å². The van der Waals surface area contributed by atoms with Gasteiger partial charge in [0.1, 0.15) is 5.69 Å². The number of imide groups is 1. The molecule has 0 radical (unpaired) electrons. The number of likely N-dealkylation sites (N-methyl/N-ethyl adjacent to an activating group) is 1. The van der Waals surface area contributed by atoms with Crippen molar-refractivity contribution in [3.8, 4) is 0 Å². The zero-order valence-electron chi connectivity index (χ0n) is 21.5. The van der Waals surface area contributed by atoms with E-state index in [1.807, 2.05) is 11.8 Å². The van der Waals surface area contributed by atoms with Crippen molar-refractivity contribution in [1.29, 1.82) is 0 Å². The maximum atomic E-state index is 12.7. The van der Waals surface area contributed by atoms with Crippen LogP contribution in [0.4, 0.5) is 27.8 Å². The van der Waals surface area contributed by atoms with Crippen molar-refractivity contribution in [2.75, 3.05) is 29.9 Å². The number of nitro groups is 1. The highest BCUT2D eigenvalue weighted by atomic mass is 32.1. The molecule has 0 fully saturated rings. The van der Waals surface area contributed by atoms with Crippen LogP contribution in [0.5, 0.6) is 0 Å². The zero-order valence-corrected chi connectivity index (χ0v) is 22.3. The first kappa shape index (κ1) is 26.6. The molecule has 0 bridgehead atoms. The first-order valence-electron chi connectivity index (χ1n) is 12.3. The summed E-state index contributed by atoms with van der Waals surface area (Å²) in [7, 11) is 0. The molecule has 1 aromatic heterocycles. The maximum absolute atomic E-state index is 12.7. The third kappa shape index (κ3) is 5.14. The number of carbonyl (C=O) groups excluding carboxylic acids is 3. The van der Waals surface area contributed by atoms with E-state index >= 15 is 0 Å². The molecule has 12 nitrogen and oxygen atoms in total. The fourth-order valence-electron chi connectivity index (χ4n) is 4.43. The Bertz CT molecular complexity index is 1660. The van der Waals surface area contributed by atoms with Gasteiger partial charge >= 0.3 is 0 Å². The molecule has 0 unspecified atom stereocenters. The van der Waals surface area contributed by atoms with Crippen molar-refractivity contribution >= 4 is 67.9 Å². The van der Waals surface area contributed by atoms with E-state index in [0.29, 0.717) is 51.5 Å². The van der Waals surface area contributed by atoms with E-state index in [4.69, 9.17) is 0 Å². The number of rotatable bonds is 9. The summed E-state index contributed by atoms with van der Waals surface area (Å²) in [6.45, 7) is 4.48. The summed E-state index contributed by atoms with van der Waals surface area (Å²) in [5, 5.41) is 23.4. The highest BCUT2D eigenvalue weighted by molar-refractivity contribution is 7.11. The molecule has 2 heterocycles. The largest absolute Gasteiger partial charge is 0.370 e. The van der Waals surface area contributed by atoms with Crippen molar-refractivity contribution in [2.45, 2.75) is 13.8 Å². The minimum absolute atomic E-state index is 0.0756. The predicted molar refractivity (Wildman–Crippen MR) is 151 cm³/mol. The number of hydrogen-bond donors (Lipinski definition) is 1. The lowest BCUT2D eigenvalue weighted by atomic mass is 10.1. The second-order valence-corrected chi connectivity index (χ2v) is 9.67. The molecular formula is C27H23N7O5S. The summed E-state index contributed by atoms with van der Waals surface area (Å²) in [6, 6.07) is 16.3. The third-order valence-corrected chi connectivity index (χ3v) is 7.17. The van der Waals surface area contributed by atoms with E-state index in [-0.39, 0.29) is 30.0 Å². The normalized spacial score (nSPS) is 12.8. The highest BCUT2D eigenvalue weighted by Gasteiger charge is 2.34. The van der Waals surface area contributed by atoms with Crippen LogP contribution < -0.4 is 10.2 Å². The molecule has 3 aromatic carbocycles. The number of fused-ring (bicyclic) bond motifs is 2. The van der Waals surface area contributed by atoms with Gasteiger partial charge in [-0.2, -0.15) is 4.37 Å². The molecule has 1 N–H and O–H groups in total. The Morgan fingerprint density at radius 2 is 1.80 bits per heavy atom. The van der Waals surface area contributed by atoms with Gasteiger partial charge < -0.3 is 10.2 Å². The number of non-ortho nitro benzene ring substituents is 1. The van der Waals surface area contributed by atoms with Crippen molar-refractivity contribution in [2.24, 2.45) is 10.2 Å². The van der Waals surface area contributed by atoms with Gasteiger partial charge in [0.15, 0.2) is 5.00 Å². The molecule has 40 heavy (non-hydrogen) atoms. The number of hydrogen-bond acceptors (Lipinski definition) is 10. The first-order valence-corrected chi connectivity index (χ1v) is 13.1. The van der Waals surface area contributed by atoms with Crippen molar-refractivity contribution < 1.29 is 19.3 Å². The van der Waals surface area contributed by atoms with Crippen LogP contribution in [0.3, 0.4) is 0 Å². The van der Waals surface area contributed by atoms with Crippen LogP contribution in [0.1, 0.15) is 34.6 Å². The number of nitrogens with zero attached hydrogens (tertiary/aromatic N) is 6. The maximum Gasteiger partial charge on any atom is 0.270 e. The summed E-state index contributed by atoms with van der Waals surface area (Å²) in [5.74, 6) is -0.930. The average molecular weight is 558 g/mol. The Hall–Kier alpha value is -5.04. The standard InChI is InChI=1S/C27H23N7O5S/c1-3-32(12-13-33-26(36)19-6-4-5-7-20(19)27(33)37)17-8-11-23(24(15-17)28-16(2)35)29-30-25-21-14-18(34(38)39)9-10-22(21)31-40-25/h4-11,14-15H,3,12-13H2,1-2H3,(H,28,35)/b30-29+. The summed E-state index contributed by atoms with van der Waals surface area (Å²) in [6.07, 6.45) is 0. The van der Waals surface area contributed by atoms with Gasteiger partial charge in [-0.1, -0.05) is 12.1 Å². The third-order valence-electron chi connectivity index (χ3n) is 6.41. The molecule has 3 amide bonds. The number of nitrogens with one attached hydrogen (secondary N) is 1. The molecule has 4 aromatic rings. The van der Waals surface area contributed by atoms with E-state index in [0.717, 1.165) is 17.2 Å². The fourth-order valence-corrected chi connectivity index (χ4v) is 5.12. The second kappa shape index (κ2) is 11.0. The number of azo groups is 1. The van der Waals surface area contributed by atoms with Crippen molar-refractivity contribution in [3.63, 3.8) is 0 Å². The lowest BCUT2D eigenvalue weighted by molar-refractivity contribution is -0.384. The quantitative estimate of drug-likeness (QED) is 0.120. The van der Waals surface area contributed by atoms with Crippen LogP contribution in [0.25, 0.3) is 10.9 Å². The van der Waals surface area contributed by atoms with E-state index in [1.54, 1.807) is 48.5 Å². The van der Waals surface area contributed by atoms with Crippen LogP contribution in [0.2, 0.25) is 0 Å². The second-order valence-electron chi connectivity index (χ2n) is 8.92. The van der Waals surface area contributed by atoms with Gasteiger partial charge in [0, 0.05) is 49.8 Å². The van der Waals surface area contributed by atoms with Gasteiger partial charge in [0.05, 0.1) is 27.3 Å². The van der Waals surface area contributed by atoms with Gasteiger partial charge in [-0.05, 0) is 54.9 Å². The van der Waals surface area contributed by atoms with E-state index < -0.39 is 4.92 Å². The van der Waals surface area contributed by atoms with Gasteiger partial charge in [-0.25, -0.2) is 0 Å². The average Bonchev–Trinajstić information content (AvgIpc) is 3.46. The zero-order chi connectivity index (χ0) is 28.4. The summed E-state index contributed by atoms with van der Waals surface area (Å²) < 4.78 is 4.26. The molecule has 202 valence electrons. The predicted octanol–water partition coefficient (Wildman–Crippen LogP) is 5.70. The molecule has 0 atom stereocenters. The van der Waals surface area contributed by atoms with Crippen molar-refractivity contribution in [1.82, 2.24) is 9.27 Å². The summed E-state index contributed by atoms with van der Waals surface area (Å²) in [5.41, 5.74) is 2.84. The molecular weight excluding hydrogens is 534 g/mol. The molecule has 0 spiro atoms. The Kier molecular flexibility index (Phi) is 7.29. The molecule has 1 aliphatic heterocycles.